The van der Waals surface area contributed by atoms with E-state index in [4.69, 9.17) is 11.6 Å². The number of nitrogens with zero attached hydrogens (tertiary/aromatic N) is 4. The summed E-state index contributed by atoms with van der Waals surface area (Å²) >= 11 is 7.44. The quantitative estimate of drug-likeness (QED) is 0.840. The number of hydrogen-bond donors (Lipinski definition) is 1. The Morgan fingerprint density at radius 2 is 2.14 bits per heavy atom. The first kappa shape index (κ1) is 15.8. The Hall–Kier alpha value is -1.60. The van der Waals surface area contributed by atoms with Crippen molar-refractivity contribution in [1.82, 2.24) is 20.2 Å². The van der Waals surface area contributed by atoms with Gasteiger partial charge in [0, 0.05) is 11.4 Å². The maximum Gasteiger partial charge on any atom is 0.328 e. The molecule has 1 unspecified atom stereocenters. The monoisotopic (exact) mass is 326 g/mol. The van der Waals surface area contributed by atoms with Gasteiger partial charge in [-0.1, -0.05) is 23.7 Å². The second kappa shape index (κ2) is 7.42. The first-order chi connectivity index (χ1) is 10.1. The van der Waals surface area contributed by atoms with Gasteiger partial charge >= 0.3 is 5.97 Å². The average molecular weight is 327 g/mol. The fraction of sp³-hybridized carbons (Fsp3) is 0.385. The normalized spacial score (nSPS) is 12.3. The predicted octanol–water partition coefficient (Wildman–Crippen LogP) is 2.30. The summed E-state index contributed by atoms with van der Waals surface area (Å²) in [7, 11) is 0. The largest absolute Gasteiger partial charge is 0.480 e. The van der Waals surface area contributed by atoms with Crippen LogP contribution in [-0.4, -0.2) is 43.3 Å². The summed E-state index contributed by atoms with van der Waals surface area (Å²) in [5.41, 5.74) is 0.976. The van der Waals surface area contributed by atoms with E-state index in [1.165, 1.54) is 4.68 Å². The zero-order chi connectivity index (χ0) is 15.2. The van der Waals surface area contributed by atoms with Gasteiger partial charge in [-0.05, 0) is 46.6 Å². The molecule has 8 heteroatoms. The smallest absolute Gasteiger partial charge is 0.328 e. The van der Waals surface area contributed by atoms with E-state index in [9.17, 15) is 9.90 Å². The third-order valence-corrected chi connectivity index (χ3v) is 3.91. The van der Waals surface area contributed by atoms with Gasteiger partial charge in [0.1, 0.15) is 0 Å². The Labute approximate surface area is 131 Å². The highest BCUT2D eigenvalue weighted by Crippen LogP contribution is 2.18. The number of benzene rings is 1. The lowest BCUT2D eigenvalue weighted by Crippen LogP contribution is -2.23. The molecule has 0 amide bonds. The van der Waals surface area contributed by atoms with Gasteiger partial charge in [0.25, 0.3) is 0 Å². The summed E-state index contributed by atoms with van der Waals surface area (Å²) in [4.78, 5) is 11.4. The van der Waals surface area contributed by atoms with Crippen LogP contribution in [0.4, 0.5) is 0 Å². The number of carboxylic acids is 1. The van der Waals surface area contributed by atoms with Crippen LogP contribution >= 0.6 is 23.4 Å². The first-order valence-electron chi connectivity index (χ1n) is 6.34. The van der Waals surface area contributed by atoms with E-state index in [1.54, 1.807) is 23.9 Å². The van der Waals surface area contributed by atoms with Crippen molar-refractivity contribution >= 4 is 29.3 Å². The van der Waals surface area contributed by atoms with E-state index < -0.39 is 12.0 Å². The lowest BCUT2D eigenvalue weighted by atomic mass is 10.1. The van der Waals surface area contributed by atoms with E-state index in [-0.39, 0.29) is 0 Å². The summed E-state index contributed by atoms with van der Waals surface area (Å²) in [5, 5.41) is 21.4. The molecule has 0 aliphatic heterocycles. The van der Waals surface area contributed by atoms with Crippen molar-refractivity contribution in [2.24, 2.45) is 0 Å². The van der Waals surface area contributed by atoms with E-state index in [0.717, 1.165) is 11.3 Å². The van der Waals surface area contributed by atoms with Crippen LogP contribution in [-0.2, 0) is 11.2 Å². The van der Waals surface area contributed by atoms with E-state index in [1.807, 2.05) is 18.4 Å². The highest BCUT2D eigenvalue weighted by Gasteiger charge is 2.23. The number of rotatable bonds is 7. The molecule has 0 saturated heterocycles. The summed E-state index contributed by atoms with van der Waals surface area (Å²) in [6, 6.07) is 6.58. The number of aromatic nitrogens is 4. The summed E-state index contributed by atoms with van der Waals surface area (Å²) in [6.07, 6.45) is 2.88. The van der Waals surface area contributed by atoms with E-state index in [0.29, 0.717) is 23.7 Å². The molecule has 2 rings (SSSR count). The van der Waals surface area contributed by atoms with Crippen molar-refractivity contribution in [2.75, 3.05) is 12.0 Å². The molecule has 1 atom stereocenters. The number of thioether (sulfide) groups is 1. The molecule has 0 fully saturated rings. The molecule has 1 aromatic heterocycles. The molecule has 1 N–H and O–H groups in total. The predicted molar refractivity (Wildman–Crippen MR) is 81.7 cm³/mol. The molecular formula is C13H15ClN4O2S. The summed E-state index contributed by atoms with van der Waals surface area (Å²) < 4.78 is 1.40. The van der Waals surface area contributed by atoms with Gasteiger partial charge in [0.2, 0.25) is 0 Å². The van der Waals surface area contributed by atoms with E-state index in [2.05, 4.69) is 15.5 Å². The highest BCUT2D eigenvalue weighted by molar-refractivity contribution is 7.98. The lowest BCUT2D eigenvalue weighted by Gasteiger charge is -2.13. The molecule has 0 aliphatic rings. The molecule has 2 aromatic rings. The van der Waals surface area contributed by atoms with Crippen LogP contribution in [0.2, 0.25) is 5.02 Å². The van der Waals surface area contributed by atoms with Gasteiger partial charge in [-0.15, -0.1) is 5.10 Å². The zero-order valence-corrected chi connectivity index (χ0v) is 13.0. The van der Waals surface area contributed by atoms with Gasteiger partial charge in [0.15, 0.2) is 11.9 Å². The highest BCUT2D eigenvalue weighted by atomic mass is 35.5. The molecule has 0 aliphatic carbocycles. The first-order valence-corrected chi connectivity index (χ1v) is 8.12. The Morgan fingerprint density at radius 1 is 1.43 bits per heavy atom. The van der Waals surface area contributed by atoms with Gasteiger partial charge in [-0.2, -0.15) is 11.8 Å². The van der Waals surface area contributed by atoms with Crippen LogP contribution in [0.1, 0.15) is 23.9 Å². The molecule has 0 radical (unpaired) electrons. The molecule has 21 heavy (non-hydrogen) atoms. The fourth-order valence-corrected chi connectivity index (χ4v) is 2.52. The molecule has 112 valence electrons. The Kier molecular flexibility index (Phi) is 5.58. The number of carbonyl (C=O) groups is 1. The minimum atomic E-state index is -0.922. The molecule has 1 heterocycles. The molecule has 0 saturated carbocycles. The van der Waals surface area contributed by atoms with Crippen molar-refractivity contribution in [3.63, 3.8) is 0 Å². The van der Waals surface area contributed by atoms with Gasteiger partial charge in [0.05, 0.1) is 0 Å². The number of aliphatic carboxylic acids is 1. The minimum absolute atomic E-state index is 0.465. The third-order valence-electron chi connectivity index (χ3n) is 3.01. The topological polar surface area (TPSA) is 80.9 Å². The maximum atomic E-state index is 11.4. The van der Waals surface area contributed by atoms with Gasteiger partial charge < -0.3 is 5.11 Å². The number of halogens is 1. The van der Waals surface area contributed by atoms with Crippen LogP contribution < -0.4 is 0 Å². The Morgan fingerprint density at radius 3 is 2.76 bits per heavy atom. The van der Waals surface area contributed by atoms with Crippen LogP contribution in [0.25, 0.3) is 0 Å². The second-order valence-electron chi connectivity index (χ2n) is 4.48. The van der Waals surface area contributed by atoms with Crippen LogP contribution in [0, 0.1) is 0 Å². The van der Waals surface area contributed by atoms with E-state index >= 15 is 0 Å². The molecule has 6 nitrogen and oxygen atoms in total. The van der Waals surface area contributed by atoms with Crippen LogP contribution in [0.3, 0.4) is 0 Å². The van der Waals surface area contributed by atoms with Crippen molar-refractivity contribution in [3.8, 4) is 0 Å². The molecule has 1 aromatic carbocycles. The van der Waals surface area contributed by atoms with Crippen molar-refractivity contribution in [2.45, 2.75) is 18.9 Å². The van der Waals surface area contributed by atoms with Crippen LogP contribution in [0.5, 0.6) is 0 Å². The zero-order valence-electron chi connectivity index (χ0n) is 11.4. The number of tetrazole rings is 1. The van der Waals surface area contributed by atoms with Crippen LogP contribution in [0.15, 0.2) is 24.3 Å². The minimum Gasteiger partial charge on any atom is -0.480 e. The summed E-state index contributed by atoms with van der Waals surface area (Å²) in [5.74, 6) is 0.344. The molecule has 0 bridgehead atoms. The van der Waals surface area contributed by atoms with Crippen molar-refractivity contribution in [3.05, 3.63) is 40.7 Å². The summed E-state index contributed by atoms with van der Waals surface area (Å²) in [6.45, 7) is 0. The van der Waals surface area contributed by atoms with Gasteiger partial charge in [-0.3, -0.25) is 0 Å². The Balaban J connectivity index is 2.20. The lowest BCUT2D eigenvalue weighted by molar-refractivity contribution is -0.141. The van der Waals surface area contributed by atoms with Crippen molar-refractivity contribution < 1.29 is 9.90 Å². The Bertz CT molecular complexity index is 602. The SMILES string of the molecule is CSCCC(C(=O)O)n1nnnc1Cc1ccc(Cl)cc1. The number of hydrogen-bond acceptors (Lipinski definition) is 5. The number of carboxylic acid groups (broad SMARTS) is 1. The molecule has 0 spiro atoms. The average Bonchev–Trinajstić information content (AvgIpc) is 2.90. The maximum absolute atomic E-state index is 11.4. The molecular weight excluding hydrogens is 312 g/mol. The third kappa shape index (κ3) is 4.18. The fourth-order valence-electron chi connectivity index (χ4n) is 1.94. The van der Waals surface area contributed by atoms with Gasteiger partial charge in [-0.25, -0.2) is 9.48 Å². The second-order valence-corrected chi connectivity index (χ2v) is 5.90. The standard InChI is InChI=1S/C13H15ClN4O2S/c1-21-7-6-11(13(19)20)18-12(15-16-17-18)8-9-2-4-10(14)5-3-9/h2-5,11H,6-8H2,1H3,(H,19,20). The van der Waals surface area contributed by atoms with Crippen molar-refractivity contribution in [1.29, 1.82) is 0 Å².